The van der Waals surface area contributed by atoms with E-state index in [0.717, 1.165) is 82.0 Å². The van der Waals surface area contributed by atoms with Crippen LogP contribution in [0.4, 0.5) is 0 Å². The van der Waals surface area contributed by atoms with Gasteiger partial charge in [-0.15, -0.1) is 0 Å². The minimum Gasteiger partial charge on any atom is -0.379 e. The van der Waals surface area contributed by atoms with Crippen molar-refractivity contribution >= 4 is 5.78 Å². The van der Waals surface area contributed by atoms with E-state index in [1.807, 2.05) is 18.2 Å². The Balaban J connectivity index is 1.49. The SMILES string of the molecule is O=C1CCCc2c1c(Cc1ccccc1)nn2CCCN1CCOCC1. The average molecular weight is 353 g/mol. The summed E-state index contributed by atoms with van der Waals surface area (Å²) in [4.78, 5) is 15.0. The number of aromatic nitrogens is 2. The highest BCUT2D eigenvalue weighted by atomic mass is 16.5. The first-order chi connectivity index (χ1) is 12.8. The lowest BCUT2D eigenvalue weighted by atomic mass is 9.92. The van der Waals surface area contributed by atoms with E-state index in [0.29, 0.717) is 6.42 Å². The van der Waals surface area contributed by atoms with E-state index in [1.54, 1.807) is 0 Å². The van der Waals surface area contributed by atoms with E-state index >= 15 is 0 Å². The zero-order valence-corrected chi connectivity index (χ0v) is 15.3. The largest absolute Gasteiger partial charge is 0.379 e. The molecule has 5 heteroatoms. The molecule has 0 radical (unpaired) electrons. The summed E-state index contributed by atoms with van der Waals surface area (Å²) in [7, 11) is 0. The van der Waals surface area contributed by atoms with Crippen LogP contribution < -0.4 is 0 Å². The Hall–Kier alpha value is -1.98. The molecule has 0 atom stereocenters. The fourth-order valence-electron chi connectivity index (χ4n) is 4.04. The molecule has 1 aliphatic heterocycles. The standard InChI is InChI=1S/C21H27N3O2/c25-20-9-4-8-19-21(20)18(16-17-6-2-1-3-7-17)22-24(19)11-5-10-23-12-14-26-15-13-23/h1-3,6-7H,4-5,8-16H2. The molecule has 1 aromatic heterocycles. The summed E-state index contributed by atoms with van der Waals surface area (Å²) >= 11 is 0. The van der Waals surface area contributed by atoms with Crippen LogP contribution >= 0.6 is 0 Å². The van der Waals surface area contributed by atoms with Crippen LogP contribution in [0, 0.1) is 0 Å². The molecule has 1 aromatic carbocycles. The van der Waals surface area contributed by atoms with Gasteiger partial charge in [-0.3, -0.25) is 14.4 Å². The third kappa shape index (κ3) is 3.89. The van der Waals surface area contributed by atoms with Crippen LogP contribution in [0.2, 0.25) is 0 Å². The van der Waals surface area contributed by atoms with Gasteiger partial charge in [0.25, 0.3) is 0 Å². The third-order valence-corrected chi connectivity index (χ3v) is 5.39. The Labute approximate surface area is 154 Å². The van der Waals surface area contributed by atoms with Gasteiger partial charge in [0.05, 0.1) is 24.5 Å². The van der Waals surface area contributed by atoms with Crippen molar-refractivity contribution in [2.24, 2.45) is 0 Å². The average Bonchev–Trinajstić information content (AvgIpc) is 3.02. The molecule has 0 spiro atoms. The van der Waals surface area contributed by atoms with Crippen molar-refractivity contribution in [2.75, 3.05) is 32.8 Å². The highest BCUT2D eigenvalue weighted by Crippen LogP contribution is 2.26. The van der Waals surface area contributed by atoms with Gasteiger partial charge in [0.2, 0.25) is 0 Å². The number of morpholine rings is 1. The smallest absolute Gasteiger partial charge is 0.166 e. The Morgan fingerprint density at radius 1 is 1.04 bits per heavy atom. The molecular formula is C21H27N3O2. The normalized spacial score (nSPS) is 18.1. The van der Waals surface area contributed by atoms with E-state index in [1.165, 1.54) is 5.56 Å². The summed E-state index contributed by atoms with van der Waals surface area (Å²) in [6.45, 7) is 5.69. The maximum absolute atomic E-state index is 12.6. The van der Waals surface area contributed by atoms with Gasteiger partial charge >= 0.3 is 0 Å². The molecule has 138 valence electrons. The van der Waals surface area contributed by atoms with Crippen LogP contribution in [0.5, 0.6) is 0 Å². The van der Waals surface area contributed by atoms with Crippen LogP contribution in [-0.4, -0.2) is 53.3 Å². The second-order valence-corrected chi connectivity index (χ2v) is 7.24. The second kappa shape index (κ2) is 8.14. The summed E-state index contributed by atoms with van der Waals surface area (Å²) in [6, 6.07) is 10.3. The zero-order valence-electron chi connectivity index (χ0n) is 15.3. The molecule has 0 saturated carbocycles. The zero-order chi connectivity index (χ0) is 17.8. The number of fused-ring (bicyclic) bond motifs is 1. The number of carbonyl (C=O) groups is 1. The fourth-order valence-corrected chi connectivity index (χ4v) is 4.04. The minimum absolute atomic E-state index is 0.275. The van der Waals surface area contributed by atoms with Crippen LogP contribution in [-0.2, 0) is 24.1 Å². The molecule has 0 N–H and O–H groups in total. The number of benzene rings is 1. The van der Waals surface area contributed by atoms with Crippen molar-refractivity contribution in [2.45, 2.75) is 38.6 Å². The van der Waals surface area contributed by atoms with Crippen LogP contribution in [0.3, 0.4) is 0 Å². The summed E-state index contributed by atoms with van der Waals surface area (Å²) in [6.07, 6.45) is 4.39. The quantitative estimate of drug-likeness (QED) is 0.801. The van der Waals surface area contributed by atoms with E-state index in [9.17, 15) is 4.79 Å². The first kappa shape index (κ1) is 17.4. The van der Waals surface area contributed by atoms with Gasteiger partial charge in [0.15, 0.2) is 5.78 Å². The lowest BCUT2D eigenvalue weighted by Crippen LogP contribution is -2.37. The van der Waals surface area contributed by atoms with Gasteiger partial charge in [-0.1, -0.05) is 30.3 Å². The Kier molecular flexibility index (Phi) is 5.46. The molecule has 4 rings (SSSR count). The highest BCUT2D eigenvalue weighted by molar-refractivity contribution is 5.99. The lowest BCUT2D eigenvalue weighted by molar-refractivity contribution is 0.0368. The van der Waals surface area contributed by atoms with E-state index in [4.69, 9.17) is 9.84 Å². The lowest BCUT2D eigenvalue weighted by Gasteiger charge is -2.26. The molecule has 2 heterocycles. The fraction of sp³-hybridized carbons (Fsp3) is 0.524. The van der Waals surface area contributed by atoms with Crippen molar-refractivity contribution < 1.29 is 9.53 Å². The van der Waals surface area contributed by atoms with Crippen LogP contribution in [0.1, 0.15) is 46.6 Å². The Morgan fingerprint density at radius 2 is 1.85 bits per heavy atom. The van der Waals surface area contributed by atoms with Gasteiger partial charge in [-0.25, -0.2) is 0 Å². The van der Waals surface area contributed by atoms with Gasteiger partial charge in [0, 0.05) is 44.7 Å². The molecule has 1 aliphatic carbocycles. The van der Waals surface area contributed by atoms with Crippen molar-refractivity contribution in [1.82, 2.24) is 14.7 Å². The molecule has 0 bridgehead atoms. The molecular weight excluding hydrogens is 326 g/mol. The first-order valence-corrected chi connectivity index (χ1v) is 9.77. The van der Waals surface area contributed by atoms with Crippen LogP contribution in [0.15, 0.2) is 30.3 Å². The summed E-state index contributed by atoms with van der Waals surface area (Å²) < 4.78 is 7.53. The molecule has 1 fully saturated rings. The van der Waals surface area contributed by atoms with Crippen LogP contribution in [0.25, 0.3) is 0 Å². The number of rotatable bonds is 6. The van der Waals surface area contributed by atoms with E-state index < -0.39 is 0 Å². The highest BCUT2D eigenvalue weighted by Gasteiger charge is 2.26. The second-order valence-electron chi connectivity index (χ2n) is 7.24. The number of aryl methyl sites for hydroxylation is 1. The topological polar surface area (TPSA) is 47.4 Å². The predicted octanol–water partition coefficient (Wildman–Crippen LogP) is 2.72. The van der Waals surface area contributed by atoms with Gasteiger partial charge in [0.1, 0.15) is 0 Å². The van der Waals surface area contributed by atoms with Crippen molar-refractivity contribution in [1.29, 1.82) is 0 Å². The molecule has 5 nitrogen and oxygen atoms in total. The number of carbonyl (C=O) groups excluding carboxylic acids is 1. The Bertz CT molecular complexity index is 748. The number of hydrogen-bond donors (Lipinski definition) is 0. The maximum atomic E-state index is 12.6. The third-order valence-electron chi connectivity index (χ3n) is 5.39. The van der Waals surface area contributed by atoms with E-state index in [-0.39, 0.29) is 5.78 Å². The number of nitrogens with zero attached hydrogens (tertiary/aromatic N) is 3. The summed E-state index contributed by atoms with van der Waals surface area (Å²) in [5.41, 5.74) is 4.24. The van der Waals surface area contributed by atoms with Crippen molar-refractivity contribution in [3.63, 3.8) is 0 Å². The van der Waals surface area contributed by atoms with Crippen molar-refractivity contribution in [3.05, 3.63) is 52.8 Å². The van der Waals surface area contributed by atoms with Gasteiger partial charge in [-0.2, -0.15) is 5.10 Å². The molecule has 26 heavy (non-hydrogen) atoms. The molecule has 0 unspecified atom stereocenters. The molecule has 2 aliphatic rings. The molecule has 0 amide bonds. The van der Waals surface area contributed by atoms with Gasteiger partial charge < -0.3 is 4.74 Å². The summed E-state index contributed by atoms with van der Waals surface area (Å²) in [5, 5.41) is 4.87. The minimum atomic E-state index is 0.275. The number of ketones is 1. The number of hydrogen-bond acceptors (Lipinski definition) is 4. The number of Topliss-reactive ketones (excluding diaryl/α,β-unsaturated/α-hetero) is 1. The van der Waals surface area contributed by atoms with E-state index in [2.05, 4.69) is 21.7 Å². The van der Waals surface area contributed by atoms with Gasteiger partial charge in [-0.05, 0) is 24.8 Å². The monoisotopic (exact) mass is 353 g/mol. The predicted molar refractivity (Wildman–Crippen MR) is 101 cm³/mol. The summed E-state index contributed by atoms with van der Waals surface area (Å²) in [5.74, 6) is 0.275. The maximum Gasteiger partial charge on any atom is 0.166 e. The number of ether oxygens (including phenoxy) is 1. The van der Waals surface area contributed by atoms with Crippen molar-refractivity contribution in [3.8, 4) is 0 Å². The molecule has 2 aromatic rings. The molecule has 1 saturated heterocycles. The first-order valence-electron chi connectivity index (χ1n) is 9.77. The Morgan fingerprint density at radius 3 is 2.65 bits per heavy atom.